The lowest BCUT2D eigenvalue weighted by Crippen LogP contribution is -2.54. The summed E-state index contributed by atoms with van der Waals surface area (Å²) in [4.78, 5) is 11.5. The molecule has 0 radical (unpaired) electrons. The van der Waals surface area contributed by atoms with Crippen molar-refractivity contribution >= 4 is 5.97 Å². The first kappa shape index (κ1) is 24.1. The smallest absolute Gasteiger partial charge is 0.302 e. The fourth-order valence-electron chi connectivity index (χ4n) is 10.1. The molecule has 0 bridgehead atoms. The maximum atomic E-state index is 11.5. The first-order valence-electron chi connectivity index (χ1n) is 14.1. The first-order chi connectivity index (χ1) is 15.7. The summed E-state index contributed by atoms with van der Waals surface area (Å²) in [6.07, 6.45) is 13.2. The van der Waals surface area contributed by atoms with Crippen molar-refractivity contribution in [1.82, 2.24) is 0 Å². The van der Waals surface area contributed by atoms with Gasteiger partial charge in [-0.05, 0) is 116 Å². The van der Waals surface area contributed by atoms with Crippen molar-refractivity contribution < 1.29 is 19.4 Å². The van der Waals surface area contributed by atoms with Gasteiger partial charge in [-0.2, -0.15) is 0 Å². The van der Waals surface area contributed by atoms with E-state index in [0.29, 0.717) is 40.8 Å². The molecule has 1 N–H and O–H groups in total. The molecule has 5 fully saturated rings. The lowest BCUT2D eigenvalue weighted by molar-refractivity contribution is -0.160. The molecule has 5 aliphatic rings. The van der Waals surface area contributed by atoms with E-state index in [0.717, 1.165) is 49.4 Å². The Hall–Kier alpha value is -0.610. The van der Waals surface area contributed by atoms with E-state index in [1.807, 2.05) is 0 Å². The maximum absolute atomic E-state index is 11.5. The lowest BCUT2D eigenvalue weighted by Gasteiger charge is -2.61. The van der Waals surface area contributed by atoms with E-state index < -0.39 is 0 Å². The molecule has 5 rings (SSSR count). The third kappa shape index (κ3) is 3.90. The van der Waals surface area contributed by atoms with Crippen LogP contribution in [-0.4, -0.2) is 36.0 Å². The van der Waals surface area contributed by atoms with Crippen LogP contribution in [0.2, 0.25) is 0 Å². The van der Waals surface area contributed by atoms with Gasteiger partial charge in [-0.25, -0.2) is 0 Å². The van der Waals surface area contributed by atoms with Gasteiger partial charge in [0, 0.05) is 13.5 Å². The third-order valence-corrected chi connectivity index (χ3v) is 11.8. The second-order valence-electron chi connectivity index (χ2n) is 13.4. The van der Waals surface area contributed by atoms with Crippen molar-refractivity contribution in [2.45, 2.75) is 117 Å². The van der Waals surface area contributed by atoms with E-state index in [2.05, 4.69) is 27.7 Å². The van der Waals surface area contributed by atoms with Gasteiger partial charge in [0.25, 0.3) is 0 Å². The molecule has 4 saturated carbocycles. The van der Waals surface area contributed by atoms with Crippen LogP contribution >= 0.6 is 0 Å². The zero-order valence-electron chi connectivity index (χ0n) is 21.7. The first-order valence-corrected chi connectivity index (χ1v) is 14.1. The second-order valence-corrected chi connectivity index (χ2v) is 13.4. The summed E-state index contributed by atoms with van der Waals surface area (Å²) < 4.78 is 12.4. The summed E-state index contributed by atoms with van der Waals surface area (Å²) in [5, 5.41) is 9.43. The zero-order chi connectivity index (χ0) is 23.5. The van der Waals surface area contributed by atoms with Crippen LogP contribution in [0.5, 0.6) is 0 Å². The van der Waals surface area contributed by atoms with Gasteiger partial charge in [-0.15, -0.1) is 0 Å². The molecule has 1 heterocycles. The van der Waals surface area contributed by atoms with E-state index in [9.17, 15) is 9.90 Å². The minimum atomic E-state index is -0.110. The van der Waals surface area contributed by atoms with Gasteiger partial charge in [0.15, 0.2) is 0 Å². The number of ether oxygens (including phenoxy) is 2. The predicted molar refractivity (Wildman–Crippen MR) is 129 cm³/mol. The van der Waals surface area contributed by atoms with Gasteiger partial charge >= 0.3 is 5.97 Å². The van der Waals surface area contributed by atoms with Gasteiger partial charge < -0.3 is 14.6 Å². The average molecular weight is 461 g/mol. The number of carbonyl (C=O) groups is 1. The van der Waals surface area contributed by atoms with Crippen LogP contribution in [0.4, 0.5) is 0 Å². The summed E-state index contributed by atoms with van der Waals surface area (Å²) in [6.45, 7) is 11.7. The molecule has 1 aliphatic heterocycles. The van der Waals surface area contributed by atoms with Crippen LogP contribution in [0.25, 0.3) is 0 Å². The van der Waals surface area contributed by atoms with Crippen molar-refractivity contribution in [3.8, 4) is 0 Å². The number of esters is 1. The highest BCUT2D eigenvalue weighted by Crippen LogP contribution is 2.70. The van der Waals surface area contributed by atoms with Crippen LogP contribution < -0.4 is 0 Å². The molecule has 0 unspecified atom stereocenters. The summed E-state index contributed by atoms with van der Waals surface area (Å²) in [5.41, 5.74) is 0.856. The third-order valence-electron chi connectivity index (χ3n) is 11.8. The fraction of sp³-hybridized carbons (Fsp3) is 0.966. The van der Waals surface area contributed by atoms with Gasteiger partial charge in [0.2, 0.25) is 0 Å². The Morgan fingerprint density at radius 2 is 1.85 bits per heavy atom. The highest BCUT2D eigenvalue weighted by Gasteiger charge is 2.65. The molecule has 0 aromatic heterocycles. The predicted octanol–water partition coefficient (Wildman–Crippen LogP) is 6.00. The van der Waals surface area contributed by atoms with Crippen molar-refractivity contribution in [3.63, 3.8) is 0 Å². The van der Waals surface area contributed by atoms with E-state index >= 15 is 0 Å². The highest BCUT2D eigenvalue weighted by atomic mass is 16.5. The Morgan fingerprint density at radius 3 is 2.58 bits per heavy atom. The summed E-state index contributed by atoms with van der Waals surface area (Å²) in [6, 6.07) is 0. The molecule has 4 heteroatoms. The molecule has 33 heavy (non-hydrogen) atoms. The molecule has 0 amide bonds. The second kappa shape index (κ2) is 8.80. The number of hydrogen-bond acceptors (Lipinski definition) is 4. The lowest BCUT2D eigenvalue weighted by atomic mass is 9.44. The van der Waals surface area contributed by atoms with Crippen LogP contribution in [0.3, 0.4) is 0 Å². The van der Waals surface area contributed by atoms with Crippen molar-refractivity contribution in [2.24, 2.45) is 52.3 Å². The van der Waals surface area contributed by atoms with Crippen LogP contribution in [-0.2, 0) is 14.3 Å². The molecule has 12 atom stereocenters. The quantitative estimate of drug-likeness (QED) is 0.511. The van der Waals surface area contributed by atoms with E-state index in [-0.39, 0.29) is 18.7 Å². The Balaban J connectivity index is 1.29. The number of rotatable bonds is 5. The summed E-state index contributed by atoms with van der Waals surface area (Å²) in [5.74, 6) is 4.84. The van der Waals surface area contributed by atoms with Crippen LogP contribution in [0, 0.1) is 52.3 Å². The molecule has 4 aliphatic carbocycles. The average Bonchev–Trinajstić information content (AvgIpc) is 3.25. The van der Waals surface area contributed by atoms with Crippen molar-refractivity contribution in [2.75, 3.05) is 6.61 Å². The Bertz CT molecular complexity index is 737. The van der Waals surface area contributed by atoms with Crippen LogP contribution in [0.15, 0.2) is 0 Å². The fourth-order valence-corrected chi connectivity index (χ4v) is 10.1. The number of aliphatic hydroxyl groups excluding tert-OH is 1. The summed E-state index contributed by atoms with van der Waals surface area (Å²) >= 11 is 0. The molecule has 1 saturated heterocycles. The molecule has 188 valence electrons. The van der Waals surface area contributed by atoms with Crippen molar-refractivity contribution in [1.29, 1.82) is 0 Å². The zero-order valence-corrected chi connectivity index (χ0v) is 21.7. The monoisotopic (exact) mass is 460 g/mol. The number of fused-ring (bicyclic) bond motifs is 7. The van der Waals surface area contributed by atoms with Gasteiger partial charge in [0.05, 0.1) is 12.2 Å². The van der Waals surface area contributed by atoms with Gasteiger partial charge in [-0.3, -0.25) is 4.79 Å². The topological polar surface area (TPSA) is 55.8 Å². The summed E-state index contributed by atoms with van der Waals surface area (Å²) in [7, 11) is 0. The maximum Gasteiger partial charge on any atom is 0.302 e. The Kier molecular flexibility index (Phi) is 6.43. The standard InChI is InChI=1S/C29H48O4/c1-17(16-30)6-9-25-18(2)27-26(33-25)15-24-22-8-7-20-14-21(32-19(3)31)10-12-28(20,4)23(22)11-13-29(24,27)5/h17-18,20-27,30H,6-16H2,1-5H3/t17-,18+,20+,21+,22-,23+,24+,25+,26+,27+,28+,29+/m1/s1. The molecule has 4 nitrogen and oxygen atoms in total. The highest BCUT2D eigenvalue weighted by molar-refractivity contribution is 5.66. The molecule has 0 spiro atoms. The van der Waals surface area contributed by atoms with E-state index in [1.54, 1.807) is 6.92 Å². The minimum Gasteiger partial charge on any atom is -0.463 e. The van der Waals surface area contributed by atoms with Gasteiger partial charge in [-0.1, -0.05) is 27.7 Å². The SMILES string of the molecule is CC(=O)O[C@H]1CC[C@@]2(C)[C@@H](CC[C@@H]3[C@@H]2CC[C@]2(C)[C@H]4[C@@H](C)[C@H](CC[C@@H](C)CO)O[C@H]4C[C@@H]32)C1. The normalized spacial score (nSPS) is 51.8. The largest absolute Gasteiger partial charge is 0.463 e. The molecule has 0 aromatic carbocycles. The van der Waals surface area contributed by atoms with E-state index in [4.69, 9.17) is 9.47 Å². The number of hydrogen-bond donors (Lipinski definition) is 1. The molecular weight excluding hydrogens is 412 g/mol. The number of carbonyl (C=O) groups excluding carboxylic acids is 1. The number of aliphatic hydroxyl groups is 1. The van der Waals surface area contributed by atoms with E-state index in [1.165, 1.54) is 38.5 Å². The van der Waals surface area contributed by atoms with Crippen LogP contribution in [0.1, 0.15) is 98.8 Å². The minimum absolute atomic E-state index is 0.110. The van der Waals surface area contributed by atoms with Gasteiger partial charge in [0.1, 0.15) is 6.10 Å². The molecule has 0 aromatic rings. The Labute approximate surface area is 201 Å². The Morgan fingerprint density at radius 1 is 1.09 bits per heavy atom. The molecular formula is C29H48O4. The van der Waals surface area contributed by atoms with Crippen molar-refractivity contribution in [3.05, 3.63) is 0 Å².